The Morgan fingerprint density at radius 3 is 2.54 bits per heavy atom. The van der Waals surface area contributed by atoms with Gasteiger partial charge in [-0.15, -0.1) is 0 Å². The van der Waals surface area contributed by atoms with Crippen molar-refractivity contribution in [1.82, 2.24) is 5.32 Å². The third-order valence-electron chi connectivity index (χ3n) is 4.47. The van der Waals surface area contributed by atoms with Crippen molar-refractivity contribution < 1.29 is 13.2 Å². The Bertz CT molecular complexity index is 908. The topological polar surface area (TPSA) is 66.5 Å². The van der Waals surface area contributed by atoms with Crippen molar-refractivity contribution in [2.75, 3.05) is 10.8 Å². The fraction of sp³-hybridized carbons (Fsp3) is 0.350. The first kappa shape index (κ1) is 18.5. The molecule has 1 atom stereocenters. The number of sulfonamides is 1. The number of benzene rings is 2. The number of hydrogen-bond donors (Lipinski definition) is 1. The molecule has 0 bridgehead atoms. The van der Waals surface area contributed by atoms with Gasteiger partial charge in [0.05, 0.1) is 10.6 Å². The lowest BCUT2D eigenvalue weighted by Crippen LogP contribution is -2.35. The van der Waals surface area contributed by atoms with Gasteiger partial charge in [0.1, 0.15) is 0 Å². The first-order chi connectivity index (χ1) is 12.3. The first-order valence-corrected chi connectivity index (χ1v) is 10.3. The van der Waals surface area contributed by atoms with Crippen LogP contribution in [0.5, 0.6) is 0 Å². The number of anilines is 1. The Morgan fingerprint density at radius 1 is 1.19 bits per heavy atom. The van der Waals surface area contributed by atoms with Crippen LogP contribution in [0, 0.1) is 5.92 Å². The Morgan fingerprint density at radius 2 is 1.88 bits per heavy atom. The maximum atomic E-state index is 13.1. The molecule has 2 aromatic carbocycles. The van der Waals surface area contributed by atoms with Crippen molar-refractivity contribution in [1.29, 1.82) is 0 Å². The van der Waals surface area contributed by atoms with Crippen LogP contribution in [-0.4, -0.2) is 26.9 Å². The van der Waals surface area contributed by atoms with Crippen LogP contribution in [0.2, 0.25) is 0 Å². The lowest BCUT2D eigenvalue weighted by molar-refractivity contribution is 0.0949. The second-order valence-electron chi connectivity index (χ2n) is 7.11. The van der Waals surface area contributed by atoms with E-state index in [4.69, 9.17) is 0 Å². The number of fused-ring (bicyclic) bond motifs is 1. The normalized spacial score (nSPS) is 16.6. The zero-order valence-electron chi connectivity index (χ0n) is 15.3. The number of nitrogens with zero attached hydrogens (tertiary/aromatic N) is 1. The molecule has 2 aromatic rings. The molecule has 1 N–H and O–H groups in total. The summed E-state index contributed by atoms with van der Waals surface area (Å²) in [6.45, 7) is 6.58. The molecule has 138 valence electrons. The summed E-state index contributed by atoms with van der Waals surface area (Å²) in [5.74, 6) is 0.249. The van der Waals surface area contributed by atoms with Crippen LogP contribution in [0.3, 0.4) is 0 Å². The van der Waals surface area contributed by atoms with Gasteiger partial charge in [-0.05, 0) is 55.2 Å². The second-order valence-corrected chi connectivity index (χ2v) is 8.93. The van der Waals surface area contributed by atoms with E-state index in [0.29, 0.717) is 30.1 Å². The monoisotopic (exact) mass is 372 g/mol. The fourth-order valence-electron chi connectivity index (χ4n) is 3.22. The summed E-state index contributed by atoms with van der Waals surface area (Å²) in [7, 11) is -3.62. The zero-order valence-corrected chi connectivity index (χ0v) is 16.1. The molecule has 0 saturated carbocycles. The number of rotatable bonds is 5. The number of nitrogens with one attached hydrogen (secondary N) is 1. The van der Waals surface area contributed by atoms with Gasteiger partial charge in [0.15, 0.2) is 0 Å². The smallest absolute Gasteiger partial charge is 0.264 e. The molecule has 0 radical (unpaired) electrons. The fourth-order valence-corrected chi connectivity index (χ4v) is 4.93. The average Bonchev–Trinajstić information content (AvgIpc) is 2.95. The molecule has 5 nitrogen and oxygen atoms in total. The lowest BCUT2D eigenvalue weighted by Gasteiger charge is -2.24. The number of hydrogen-bond acceptors (Lipinski definition) is 3. The first-order valence-electron chi connectivity index (χ1n) is 8.81. The van der Waals surface area contributed by atoms with Gasteiger partial charge in [0, 0.05) is 18.2 Å². The molecular formula is C20H24N2O3S. The van der Waals surface area contributed by atoms with Crippen molar-refractivity contribution in [3.63, 3.8) is 0 Å². The van der Waals surface area contributed by atoms with E-state index >= 15 is 0 Å². The van der Waals surface area contributed by atoms with Crippen LogP contribution < -0.4 is 9.62 Å². The molecule has 6 heteroatoms. The highest BCUT2D eigenvalue weighted by Crippen LogP contribution is 2.37. The molecule has 1 heterocycles. The summed E-state index contributed by atoms with van der Waals surface area (Å²) in [6, 6.07) is 13.5. The summed E-state index contributed by atoms with van der Waals surface area (Å²) in [6.07, 6.45) is 0.590. The summed E-state index contributed by atoms with van der Waals surface area (Å²) >= 11 is 0. The molecular weight excluding hydrogens is 348 g/mol. The third kappa shape index (κ3) is 3.46. The van der Waals surface area contributed by atoms with Gasteiger partial charge in [-0.1, -0.05) is 32.0 Å². The summed E-state index contributed by atoms with van der Waals surface area (Å²) in [5.41, 5.74) is 2.10. The lowest BCUT2D eigenvalue weighted by atomic mass is 10.1. The van der Waals surface area contributed by atoms with Crippen LogP contribution in [0.15, 0.2) is 53.4 Å². The molecule has 26 heavy (non-hydrogen) atoms. The second kappa shape index (κ2) is 7.11. The van der Waals surface area contributed by atoms with Gasteiger partial charge < -0.3 is 5.32 Å². The summed E-state index contributed by atoms with van der Waals surface area (Å²) < 4.78 is 27.6. The molecule has 3 rings (SSSR count). The minimum Gasteiger partial charge on any atom is -0.352 e. The standard InChI is InChI=1S/C20H24N2O3S/c1-14(2)13-21-20(23)16-9-10-19-17(12-16)11-15(3)22(19)26(24,25)18-7-5-4-6-8-18/h4-10,12,14-15H,11,13H2,1-3H3,(H,21,23)/t15-/m0/s1. The predicted octanol–water partition coefficient (Wildman–Crippen LogP) is 3.21. The quantitative estimate of drug-likeness (QED) is 0.876. The Kier molecular flexibility index (Phi) is 5.05. The Hall–Kier alpha value is -2.34. The van der Waals surface area contributed by atoms with Gasteiger partial charge in [-0.25, -0.2) is 8.42 Å². The van der Waals surface area contributed by atoms with Gasteiger partial charge in [-0.3, -0.25) is 9.10 Å². The van der Waals surface area contributed by atoms with Gasteiger partial charge >= 0.3 is 0 Å². The molecule has 1 aliphatic rings. The minimum absolute atomic E-state index is 0.126. The Labute approximate surface area is 155 Å². The predicted molar refractivity (Wildman–Crippen MR) is 103 cm³/mol. The largest absolute Gasteiger partial charge is 0.352 e. The van der Waals surface area contributed by atoms with Crippen LogP contribution in [0.4, 0.5) is 5.69 Å². The summed E-state index contributed by atoms with van der Waals surface area (Å²) in [5, 5.41) is 2.90. The van der Waals surface area contributed by atoms with Crippen LogP contribution >= 0.6 is 0 Å². The van der Waals surface area contributed by atoms with E-state index in [1.165, 1.54) is 4.31 Å². The van der Waals surface area contributed by atoms with Crippen molar-refractivity contribution in [3.05, 3.63) is 59.7 Å². The molecule has 0 aliphatic carbocycles. The van der Waals surface area contributed by atoms with Gasteiger partial charge in [-0.2, -0.15) is 0 Å². The SMILES string of the molecule is CC(C)CNC(=O)c1ccc2c(c1)C[C@H](C)N2S(=O)(=O)c1ccccc1. The van der Waals surface area contributed by atoms with E-state index in [0.717, 1.165) is 5.56 Å². The molecule has 0 fully saturated rings. The minimum atomic E-state index is -3.62. The molecule has 0 spiro atoms. The van der Waals surface area contributed by atoms with Gasteiger partial charge in [0.2, 0.25) is 0 Å². The van der Waals surface area contributed by atoms with Crippen molar-refractivity contribution in [3.8, 4) is 0 Å². The van der Waals surface area contributed by atoms with Crippen molar-refractivity contribution >= 4 is 21.6 Å². The van der Waals surface area contributed by atoms with E-state index < -0.39 is 10.0 Å². The number of carbonyl (C=O) groups excluding carboxylic acids is 1. The van der Waals surface area contributed by atoms with Crippen LogP contribution in [-0.2, 0) is 16.4 Å². The van der Waals surface area contributed by atoms with Crippen molar-refractivity contribution in [2.24, 2.45) is 5.92 Å². The Balaban J connectivity index is 1.92. The zero-order chi connectivity index (χ0) is 18.9. The molecule has 0 unspecified atom stereocenters. The highest BCUT2D eigenvalue weighted by molar-refractivity contribution is 7.92. The highest BCUT2D eigenvalue weighted by Gasteiger charge is 2.36. The molecule has 0 saturated heterocycles. The number of amides is 1. The van der Waals surface area contributed by atoms with E-state index in [2.05, 4.69) is 5.32 Å². The summed E-state index contributed by atoms with van der Waals surface area (Å²) in [4.78, 5) is 12.6. The average molecular weight is 372 g/mol. The van der Waals surface area contributed by atoms with E-state index in [9.17, 15) is 13.2 Å². The van der Waals surface area contributed by atoms with E-state index in [1.807, 2.05) is 26.8 Å². The maximum Gasteiger partial charge on any atom is 0.264 e. The van der Waals surface area contributed by atoms with Crippen LogP contribution in [0.1, 0.15) is 36.7 Å². The maximum absolute atomic E-state index is 13.1. The third-order valence-corrected chi connectivity index (χ3v) is 6.41. The molecule has 1 aliphatic heterocycles. The van der Waals surface area contributed by atoms with E-state index in [1.54, 1.807) is 42.5 Å². The molecule has 0 aromatic heterocycles. The van der Waals surface area contributed by atoms with Gasteiger partial charge in [0.25, 0.3) is 15.9 Å². The number of carbonyl (C=O) groups is 1. The highest BCUT2D eigenvalue weighted by atomic mass is 32.2. The van der Waals surface area contributed by atoms with Crippen molar-refractivity contribution in [2.45, 2.75) is 38.1 Å². The van der Waals surface area contributed by atoms with Crippen LogP contribution in [0.25, 0.3) is 0 Å². The molecule has 1 amide bonds. The van der Waals surface area contributed by atoms with E-state index in [-0.39, 0.29) is 16.8 Å².